The van der Waals surface area contributed by atoms with Crippen molar-refractivity contribution in [3.63, 3.8) is 0 Å². The number of halogens is 17. The van der Waals surface area contributed by atoms with E-state index in [0.29, 0.717) is 76.0 Å². The van der Waals surface area contributed by atoms with Gasteiger partial charge < -0.3 is 0 Å². The summed E-state index contributed by atoms with van der Waals surface area (Å²) < 4.78 is 206. The van der Waals surface area contributed by atoms with Gasteiger partial charge in [0.15, 0.2) is 0 Å². The van der Waals surface area contributed by atoms with Gasteiger partial charge in [-0.15, -0.1) is 0 Å². The average Bonchev–Trinajstić information content (AvgIpc) is 1.84. The minimum absolute atomic E-state index is 0. The molecule has 0 aromatic heterocycles. The molecule has 0 N–H and O–H groups in total. The molecule has 17 heteroatoms. The summed E-state index contributed by atoms with van der Waals surface area (Å²) in [6, 6.07) is 0. The molecule has 0 heterocycles. The van der Waals surface area contributed by atoms with Gasteiger partial charge in [-0.25, -0.2) is 8.78 Å². The van der Waals surface area contributed by atoms with Crippen LogP contribution in [0.2, 0.25) is 0 Å². The Morgan fingerprint density at radius 1 is 0.174 bits per heavy atom. The predicted molar refractivity (Wildman–Crippen MR) is 457 cm³/mol. The van der Waals surface area contributed by atoms with Crippen molar-refractivity contribution in [3.05, 3.63) is 0 Å². The summed E-state index contributed by atoms with van der Waals surface area (Å²) >= 11 is 0. The molecule has 0 bridgehead atoms. The summed E-state index contributed by atoms with van der Waals surface area (Å²) in [6.07, 6.45) is 32.4. The lowest BCUT2D eigenvalue weighted by molar-refractivity contribution is -0.194. The van der Waals surface area contributed by atoms with Crippen LogP contribution in [0.15, 0.2) is 0 Å². The maximum atomic E-state index is 12.4. The largest absolute Gasteiger partial charge is 0.392 e. The van der Waals surface area contributed by atoms with E-state index in [1.54, 1.807) is 13.8 Å². The first-order valence-electron chi connectivity index (χ1n) is 47.1. The second kappa shape index (κ2) is 60.4. The maximum absolute atomic E-state index is 12.4. The number of hydrogen-bond acceptors (Lipinski definition) is 0. The van der Waals surface area contributed by atoms with Crippen molar-refractivity contribution in [2.75, 3.05) is 0 Å². The summed E-state index contributed by atoms with van der Waals surface area (Å²) in [6.45, 7) is 39.6. The molecule has 0 aliphatic heterocycles. The molecule has 16 atom stereocenters. The first-order chi connectivity index (χ1) is 52.4. The van der Waals surface area contributed by atoms with Crippen LogP contribution in [0.25, 0.3) is 0 Å². The molecule has 0 spiro atoms. The monoisotopic (exact) mass is 1680 g/mol. The van der Waals surface area contributed by atoms with Gasteiger partial charge in [-0.2, -0.15) is 65.9 Å². The zero-order chi connectivity index (χ0) is 85.9. The van der Waals surface area contributed by atoms with E-state index in [9.17, 15) is 74.6 Å². The van der Waals surface area contributed by atoms with Crippen LogP contribution in [-0.2, 0) is 0 Å². The minimum atomic E-state index is -3.96. The fourth-order valence-electron chi connectivity index (χ4n) is 19.4. The molecule has 694 valence electrons. The highest BCUT2D eigenvalue weighted by Crippen LogP contribution is 2.46. The number of alkyl halides is 17. The molecule has 0 amide bonds. The highest BCUT2D eigenvalue weighted by atomic mass is 19.4. The van der Waals surface area contributed by atoms with Crippen LogP contribution in [-0.4, -0.2) is 36.8 Å². The van der Waals surface area contributed by atoms with Gasteiger partial charge in [0.25, 0.3) is 0 Å². The van der Waals surface area contributed by atoms with Gasteiger partial charge in [0, 0.05) is 12.8 Å². The summed E-state index contributed by atoms with van der Waals surface area (Å²) in [4.78, 5) is 0. The fourth-order valence-corrected chi connectivity index (χ4v) is 19.4. The topological polar surface area (TPSA) is 0 Å². The zero-order valence-corrected chi connectivity index (χ0v) is 75.4. The Kier molecular flexibility index (Phi) is 60.8. The van der Waals surface area contributed by atoms with Crippen molar-refractivity contribution in [3.8, 4) is 0 Å². The van der Waals surface area contributed by atoms with Crippen molar-refractivity contribution in [2.24, 2.45) is 136 Å². The second-order valence-electron chi connectivity index (χ2n) is 40.7. The van der Waals surface area contributed by atoms with Crippen molar-refractivity contribution in [2.45, 2.75) is 491 Å². The van der Waals surface area contributed by atoms with Crippen LogP contribution in [0.4, 0.5) is 74.6 Å². The number of hydrogen-bond donors (Lipinski definition) is 0. The zero-order valence-electron chi connectivity index (χ0n) is 75.4. The van der Waals surface area contributed by atoms with Crippen LogP contribution in [0.1, 0.15) is 454 Å². The predicted octanol–water partition coefficient (Wildman–Crippen LogP) is 38.4. The molecule has 16 unspecified atom stereocenters. The van der Waals surface area contributed by atoms with Crippen molar-refractivity contribution in [1.29, 1.82) is 0 Å². The van der Waals surface area contributed by atoms with E-state index in [-0.39, 0.29) is 51.4 Å². The summed E-state index contributed by atoms with van der Waals surface area (Å²) in [5.41, 5.74) is 0. The lowest BCUT2D eigenvalue weighted by atomic mass is 9.80. The Morgan fingerprint density at radius 2 is 0.374 bits per heavy atom. The van der Waals surface area contributed by atoms with Gasteiger partial charge in [-0.1, -0.05) is 364 Å². The highest BCUT2D eigenvalue weighted by Gasteiger charge is 2.47. The van der Waals surface area contributed by atoms with Crippen LogP contribution in [0.5, 0.6) is 0 Å². The Morgan fingerprint density at radius 3 is 0.591 bits per heavy atom. The minimum Gasteiger partial charge on any atom is -0.207 e. The van der Waals surface area contributed by atoms with Gasteiger partial charge in [0.05, 0.1) is 29.6 Å². The van der Waals surface area contributed by atoms with Gasteiger partial charge in [0.1, 0.15) is 0 Å². The molecule has 115 heavy (non-hydrogen) atoms. The third-order valence-corrected chi connectivity index (χ3v) is 28.7. The Labute approximate surface area is 698 Å². The maximum Gasteiger partial charge on any atom is 0.392 e. The van der Waals surface area contributed by atoms with Crippen LogP contribution < -0.4 is 0 Å². The molecular formula is C98H183F17. The molecule has 13 saturated carbocycles. The van der Waals surface area contributed by atoms with E-state index in [4.69, 9.17) is 0 Å². The van der Waals surface area contributed by atoms with E-state index in [0.717, 1.165) is 135 Å². The lowest BCUT2D eigenvalue weighted by Crippen LogP contribution is -2.31. The third-order valence-electron chi connectivity index (χ3n) is 28.7. The first-order valence-corrected chi connectivity index (χ1v) is 47.1. The van der Waals surface area contributed by atoms with E-state index >= 15 is 0 Å². The molecule has 13 aliphatic rings. The molecule has 0 aromatic carbocycles. The molecule has 0 aromatic rings. The lowest BCUT2D eigenvalue weighted by Gasteiger charge is -2.30. The highest BCUT2D eigenvalue weighted by molar-refractivity contribution is 4.83. The van der Waals surface area contributed by atoms with E-state index in [1.165, 1.54) is 173 Å². The smallest absolute Gasteiger partial charge is 0.207 e. The number of rotatable bonds is 0. The van der Waals surface area contributed by atoms with E-state index in [1.807, 2.05) is 27.7 Å². The van der Waals surface area contributed by atoms with Crippen molar-refractivity contribution < 1.29 is 74.6 Å². The Balaban J connectivity index is 0. The summed E-state index contributed by atoms with van der Waals surface area (Å²) in [7, 11) is 0. The SMILES string of the molecule is C.C.CC1CCC(C(F)(F)F)C1.CC1CCC(C(F)(F)F)CC1.CC1CCC(C)C1.CC1CCC(C)CC1.CC1CCC(F)(F)CC1.CC1CCCC(C(F)(F)F)C1.CC1CCCC(C)C1.CC1CCCC1.CC1CCCC1C.CC1CCCC1C(F)(F)F.CC1CCCCC1.CC1CCCCC1C.CC1CCCCC1C(F)(F)F. The summed E-state index contributed by atoms with van der Waals surface area (Å²) in [5, 5.41) is 0. The molecule has 13 rings (SSSR count). The normalized spacial score (nSPS) is 34.3. The van der Waals surface area contributed by atoms with Gasteiger partial charge in [-0.05, 0) is 184 Å². The molecular weight excluding hydrogens is 1500 g/mol. The molecule has 13 fully saturated rings. The van der Waals surface area contributed by atoms with Crippen molar-refractivity contribution >= 4 is 0 Å². The quantitative estimate of drug-likeness (QED) is 0.212. The van der Waals surface area contributed by atoms with Crippen LogP contribution in [0.3, 0.4) is 0 Å². The fraction of sp³-hybridized carbons (Fsp3) is 1.00. The van der Waals surface area contributed by atoms with Crippen molar-refractivity contribution in [1.82, 2.24) is 0 Å². The molecule has 0 nitrogen and oxygen atoms in total. The third kappa shape index (κ3) is 57.1. The van der Waals surface area contributed by atoms with E-state index in [2.05, 4.69) is 83.1 Å². The second-order valence-corrected chi connectivity index (χ2v) is 40.7. The standard InChI is InChI=1S/3C8H13F3.3C8H16.2C7H11F3.C7H12F2.3C7H14.C6H12.2CH4/c1-6-2-4-7(5-3-6)8(9,10)11;1-6-3-2-4-7(5-6)8(9,10)11;1-6-4-2-3-5-7(6)8(9,10)11;1-7-3-5-8(2)6-4-7;1-7-4-3-5-8(2)6-7;1-7-5-3-4-6-8(7)2;1-5-2-3-6(4-5)7(8,9)10;1-5-3-2-4-6(5)7(8,9)10;1-6-2-4-7(8,9)5-3-6;1-6-3-4-7(2)5-6;1-6-4-3-5-7(6)2;1-7-5-3-2-4-6-7;1-6-4-2-3-5-6;;/h3*6-7H,2-5H2,1H3;3*7-8H,3-6H2,1-2H3;2*5-6H,2-4H2,1H3;6H,2-5H2,1H3;2*6-7H,3-5H2,1-2H3;7H,2-6H2,1H3;6H,2-5H2,1H3;2*1H4. The van der Waals surface area contributed by atoms with Gasteiger partial charge >= 0.3 is 30.9 Å². The van der Waals surface area contributed by atoms with Crippen LogP contribution in [0, 0.1) is 136 Å². The molecule has 0 saturated heterocycles. The first kappa shape index (κ1) is 116. The summed E-state index contributed by atoms with van der Waals surface area (Å²) in [5.74, 6) is 6.01. The molecule has 0 radical (unpaired) electrons. The average molecular weight is 1680 g/mol. The Hall–Kier alpha value is -1.19. The van der Waals surface area contributed by atoms with Gasteiger partial charge in [0.2, 0.25) is 5.92 Å². The van der Waals surface area contributed by atoms with E-state index < -0.39 is 66.4 Å². The molecule has 13 aliphatic carbocycles. The Bertz CT molecular complexity index is 2170. The van der Waals surface area contributed by atoms with Crippen LogP contribution >= 0.6 is 0 Å². The van der Waals surface area contributed by atoms with Gasteiger partial charge in [-0.3, -0.25) is 0 Å².